The van der Waals surface area contributed by atoms with Gasteiger partial charge in [0.05, 0.1) is 5.56 Å². The summed E-state index contributed by atoms with van der Waals surface area (Å²) < 4.78 is 12.2. The summed E-state index contributed by atoms with van der Waals surface area (Å²) in [5.41, 5.74) is 3.14. The summed E-state index contributed by atoms with van der Waals surface area (Å²) >= 11 is 0. The van der Waals surface area contributed by atoms with Crippen molar-refractivity contribution in [3.05, 3.63) is 65.9 Å². The van der Waals surface area contributed by atoms with Crippen LogP contribution in [0.5, 0.6) is 11.6 Å². The van der Waals surface area contributed by atoms with Crippen molar-refractivity contribution in [2.45, 2.75) is 13.3 Å². The summed E-state index contributed by atoms with van der Waals surface area (Å²) in [6.45, 7) is 5.42. The van der Waals surface area contributed by atoms with Crippen LogP contribution in [0.15, 0.2) is 64.2 Å². The second-order valence-corrected chi connectivity index (χ2v) is 8.23. The van der Waals surface area contributed by atoms with Crippen LogP contribution < -0.4 is 4.74 Å². The Morgan fingerprint density at radius 1 is 1.00 bits per heavy atom. The molecule has 5 rings (SSSR count). The van der Waals surface area contributed by atoms with Gasteiger partial charge in [0, 0.05) is 36.1 Å². The molecule has 4 aromatic rings. The van der Waals surface area contributed by atoms with Gasteiger partial charge in [-0.15, -0.1) is 0 Å². The minimum Gasteiger partial charge on any atom is -0.456 e. The van der Waals surface area contributed by atoms with Crippen LogP contribution in [0.2, 0.25) is 0 Å². The maximum Gasteiger partial charge on any atom is 0.230 e. The molecule has 2 aromatic heterocycles. The molecule has 0 spiro atoms. The molecular weight excluding hydrogens is 404 g/mol. The zero-order chi connectivity index (χ0) is 22.1. The Labute approximate surface area is 186 Å². The van der Waals surface area contributed by atoms with Crippen molar-refractivity contribution in [3.8, 4) is 11.6 Å². The first-order valence-electron chi connectivity index (χ1n) is 10.8. The fraction of sp³-hybridized carbons (Fsp3) is 0.280. The number of nitrogens with zero attached hydrogens (tertiary/aromatic N) is 4. The van der Waals surface area contributed by atoms with Crippen molar-refractivity contribution in [1.82, 2.24) is 14.8 Å². The molecule has 2 aromatic carbocycles. The zero-order valence-corrected chi connectivity index (χ0v) is 18.3. The highest BCUT2D eigenvalue weighted by Crippen LogP contribution is 2.33. The van der Waals surface area contributed by atoms with Gasteiger partial charge in [0.15, 0.2) is 5.84 Å². The quantitative estimate of drug-likeness (QED) is 0.217. The van der Waals surface area contributed by atoms with E-state index in [0.717, 1.165) is 60.2 Å². The minimum absolute atomic E-state index is 0.419. The first-order chi connectivity index (χ1) is 15.6. The van der Waals surface area contributed by atoms with Crippen molar-refractivity contribution in [2.75, 3.05) is 33.2 Å². The number of fused-ring (bicyclic) bond motifs is 3. The molecule has 3 heterocycles. The lowest BCUT2D eigenvalue weighted by Crippen LogP contribution is -2.35. The van der Waals surface area contributed by atoms with Gasteiger partial charge < -0.3 is 24.2 Å². The van der Waals surface area contributed by atoms with Crippen LogP contribution in [0.4, 0.5) is 0 Å². The molecule has 1 fully saturated rings. The number of hydrogen-bond donors (Lipinski definition) is 1. The zero-order valence-electron chi connectivity index (χ0n) is 18.3. The van der Waals surface area contributed by atoms with Crippen LogP contribution in [0, 0.1) is 6.92 Å². The summed E-state index contributed by atoms with van der Waals surface area (Å²) in [6.07, 6.45) is 0.995. The number of aromatic nitrogens is 1. The first-order valence-corrected chi connectivity index (χ1v) is 10.8. The summed E-state index contributed by atoms with van der Waals surface area (Å²) in [4.78, 5) is 9.00. The third-order valence-corrected chi connectivity index (χ3v) is 5.92. The van der Waals surface area contributed by atoms with Crippen LogP contribution in [-0.2, 0) is 0 Å². The number of furan rings is 1. The normalized spacial score (nSPS) is 15.9. The average Bonchev–Trinajstić information content (AvgIpc) is 3.03. The molecule has 32 heavy (non-hydrogen) atoms. The maximum atomic E-state index is 9.92. The van der Waals surface area contributed by atoms with Gasteiger partial charge in [0.2, 0.25) is 5.88 Å². The van der Waals surface area contributed by atoms with Gasteiger partial charge in [-0.1, -0.05) is 23.4 Å². The maximum absolute atomic E-state index is 9.92. The Kier molecular flexibility index (Phi) is 5.41. The first kappa shape index (κ1) is 20.3. The summed E-state index contributed by atoms with van der Waals surface area (Å²) in [6, 6.07) is 17.5. The Balaban J connectivity index is 1.51. The highest BCUT2D eigenvalue weighted by atomic mass is 16.5. The monoisotopic (exact) mass is 430 g/mol. The Morgan fingerprint density at radius 3 is 2.72 bits per heavy atom. The van der Waals surface area contributed by atoms with Crippen LogP contribution in [-0.4, -0.2) is 59.1 Å². The summed E-state index contributed by atoms with van der Waals surface area (Å²) in [5, 5.41) is 15.6. The van der Waals surface area contributed by atoms with Gasteiger partial charge in [0.1, 0.15) is 16.9 Å². The van der Waals surface area contributed by atoms with E-state index < -0.39 is 0 Å². The lowest BCUT2D eigenvalue weighted by molar-refractivity contribution is 0.298. The largest absolute Gasteiger partial charge is 0.456 e. The number of hydrogen-bond acceptors (Lipinski definition) is 6. The van der Waals surface area contributed by atoms with Gasteiger partial charge in [-0.25, -0.2) is 4.98 Å². The van der Waals surface area contributed by atoms with Crippen LogP contribution in [0.3, 0.4) is 0 Å². The van der Waals surface area contributed by atoms with Crippen molar-refractivity contribution >= 4 is 27.8 Å². The lowest BCUT2D eigenvalue weighted by atomic mass is 10.1. The third kappa shape index (κ3) is 3.87. The molecule has 1 N–H and O–H groups in total. The number of ether oxygens (including phenoxy) is 1. The van der Waals surface area contributed by atoms with E-state index in [2.05, 4.69) is 27.0 Å². The van der Waals surface area contributed by atoms with Crippen LogP contribution >= 0.6 is 0 Å². The molecule has 1 aliphatic rings. The van der Waals surface area contributed by atoms with Crippen molar-refractivity contribution < 1.29 is 14.4 Å². The number of oxime groups is 1. The van der Waals surface area contributed by atoms with E-state index in [0.29, 0.717) is 23.0 Å². The second-order valence-electron chi connectivity index (χ2n) is 8.23. The Hall–Kier alpha value is -3.58. The predicted molar refractivity (Wildman–Crippen MR) is 125 cm³/mol. The van der Waals surface area contributed by atoms with Gasteiger partial charge >= 0.3 is 0 Å². The topological polar surface area (TPSA) is 74.3 Å². The molecule has 0 unspecified atom stereocenters. The van der Waals surface area contributed by atoms with Crippen molar-refractivity contribution in [2.24, 2.45) is 5.16 Å². The van der Waals surface area contributed by atoms with Gasteiger partial charge in [-0.2, -0.15) is 0 Å². The molecular formula is C25H26N4O3. The van der Waals surface area contributed by atoms with E-state index >= 15 is 0 Å². The molecule has 0 aliphatic carbocycles. The summed E-state index contributed by atoms with van der Waals surface area (Å²) in [7, 11) is 2.11. The molecule has 1 aliphatic heterocycles. The minimum atomic E-state index is 0.419. The fourth-order valence-electron chi connectivity index (χ4n) is 4.21. The molecule has 7 nitrogen and oxygen atoms in total. The van der Waals surface area contributed by atoms with Crippen LogP contribution in [0.25, 0.3) is 21.9 Å². The molecule has 0 radical (unpaired) electrons. The molecule has 0 saturated carbocycles. The number of rotatable bonds is 3. The number of amidine groups is 1. The second kappa shape index (κ2) is 8.51. The standard InChI is InChI=1S/C25H26N4O3/c1-17-8-10-20(24(27-30)29-13-5-12-28(2)14-15-29)25(26-17)31-18-9-11-23-21(16-18)19-6-3-4-7-22(19)32-23/h3-4,6-11,16,30H,5,12-15H2,1-2H3/b27-24-. The summed E-state index contributed by atoms with van der Waals surface area (Å²) in [5.74, 6) is 1.55. The SMILES string of the molecule is Cc1ccc(/C(=N/O)N2CCCN(C)CC2)c(Oc2ccc3oc4ccccc4c3c2)n1. The van der Waals surface area contributed by atoms with Crippen molar-refractivity contribution in [1.29, 1.82) is 0 Å². The van der Waals surface area contributed by atoms with E-state index in [1.165, 1.54) is 0 Å². The van der Waals surface area contributed by atoms with Crippen LogP contribution in [0.1, 0.15) is 17.7 Å². The molecule has 1 saturated heterocycles. The van der Waals surface area contributed by atoms with E-state index in [1.54, 1.807) is 0 Å². The lowest BCUT2D eigenvalue weighted by Gasteiger charge is -2.24. The highest BCUT2D eigenvalue weighted by molar-refractivity contribution is 6.05. The molecule has 0 bridgehead atoms. The smallest absolute Gasteiger partial charge is 0.230 e. The Bertz CT molecular complexity index is 1300. The van der Waals surface area contributed by atoms with Gasteiger partial charge in [0.25, 0.3) is 0 Å². The third-order valence-electron chi connectivity index (χ3n) is 5.92. The van der Waals surface area contributed by atoms with E-state index in [9.17, 15) is 5.21 Å². The number of aryl methyl sites for hydroxylation is 1. The van der Waals surface area contributed by atoms with Gasteiger partial charge in [-0.3, -0.25) is 0 Å². The Morgan fingerprint density at radius 2 is 1.84 bits per heavy atom. The predicted octanol–water partition coefficient (Wildman–Crippen LogP) is 4.86. The van der Waals surface area contributed by atoms with Gasteiger partial charge in [-0.05, 0) is 63.3 Å². The number of pyridine rings is 1. The van der Waals surface area contributed by atoms with E-state index in [-0.39, 0.29) is 0 Å². The highest BCUT2D eigenvalue weighted by Gasteiger charge is 2.22. The number of likely N-dealkylation sites (N-methyl/N-ethyl adjacent to an activating group) is 1. The molecule has 7 heteroatoms. The molecule has 0 amide bonds. The number of benzene rings is 2. The van der Waals surface area contributed by atoms with Crippen molar-refractivity contribution in [3.63, 3.8) is 0 Å². The van der Waals surface area contributed by atoms with E-state index in [4.69, 9.17) is 9.15 Å². The number of para-hydroxylation sites is 1. The molecule has 164 valence electrons. The van der Waals surface area contributed by atoms with E-state index in [1.807, 2.05) is 61.5 Å². The fourth-order valence-corrected chi connectivity index (χ4v) is 4.21. The average molecular weight is 431 g/mol. The molecule has 0 atom stereocenters.